The molecule has 0 fully saturated rings. The van der Waals surface area contributed by atoms with Crippen molar-refractivity contribution < 1.29 is 31.2 Å². The normalized spacial score (nSPS) is 11.6. The first-order chi connectivity index (χ1) is 10.9. The minimum atomic E-state index is -4.26. The van der Waals surface area contributed by atoms with Crippen molar-refractivity contribution in [3.63, 3.8) is 0 Å². The molecule has 0 heterocycles. The van der Waals surface area contributed by atoms with Gasteiger partial charge in [0.25, 0.3) is 0 Å². The van der Waals surface area contributed by atoms with Crippen LogP contribution in [0.3, 0.4) is 0 Å². The van der Waals surface area contributed by atoms with E-state index in [2.05, 4.69) is 14.8 Å². The van der Waals surface area contributed by atoms with Crippen LogP contribution < -0.4 is 15.2 Å². The Kier molecular flexibility index (Phi) is 6.29. The van der Waals surface area contributed by atoms with Crippen LogP contribution in [-0.2, 0) is 34.4 Å². The number of sulfonamides is 2. The van der Waals surface area contributed by atoms with Crippen molar-refractivity contribution in [2.75, 3.05) is 22.9 Å². The van der Waals surface area contributed by atoms with Crippen LogP contribution in [0.5, 0.6) is 0 Å². The van der Waals surface area contributed by atoms with Crippen LogP contribution in [0.2, 0.25) is 0 Å². The van der Waals surface area contributed by atoms with Crippen LogP contribution in [0, 0.1) is 0 Å². The first-order valence-corrected chi connectivity index (χ1v) is 9.96. The van der Waals surface area contributed by atoms with Gasteiger partial charge in [-0.15, -0.1) is 0 Å². The van der Waals surface area contributed by atoms with E-state index in [1.165, 1.54) is 6.07 Å². The number of ether oxygens (including phenoxy) is 1. The van der Waals surface area contributed by atoms with Crippen molar-refractivity contribution in [3.8, 4) is 0 Å². The van der Waals surface area contributed by atoms with Gasteiger partial charge in [-0.3, -0.25) is 14.3 Å². The summed E-state index contributed by atoms with van der Waals surface area (Å²) in [6.07, 6.45) is 0.278. The molecule has 1 amide bonds. The highest BCUT2D eigenvalue weighted by molar-refractivity contribution is 7.92. The first-order valence-electron chi connectivity index (χ1n) is 6.52. The van der Waals surface area contributed by atoms with Gasteiger partial charge in [0, 0.05) is 5.69 Å². The number of carbonyl (C=O) groups excluding carboxylic acids is 2. The lowest BCUT2D eigenvalue weighted by molar-refractivity contribution is -0.145. The number of esters is 1. The monoisotopic (exact) mass is 379 g/mol. The summed E-state index contributed by atoms with van der Waals surface area (Å²) in [6, 6.07) is 3.34. The summed E-state index contributed by atoms with van der Waals surface area (Å²) < 4.78 is 52.3. The van der Waals surface area contributed by atoms with Gasteiger partial charge in [-0.05, 0) is 25.1 Å². The first kappa shape index (κ1) is 19.9. The van der Waals surface area contributed by atoms with Gasteiger partial charge in [-0.1, -0.05) is 0 Å². The third-order valence-electron chi connectivity index (χ3n) is 2.48. The quantitative estimate of drug-likeness (QED) is 0.429. The van der Waals surface area contributed by atoms with Crippen LogP contribution >= 0.6 is 0 Å². The van der Waals surface area contributed by atoms with Gasteiger partial charge in [0.05, 0.1) is 18.6 Å². The van der Waals surface area contributed by atoms with E-state index in [4.69, 9.17) is 5.14 Å². The number of anilines is 2. The van der Waals surface area contributed by atoms with E-state index < -0.39 is 43.2 Å². The number of amides is 1. The second kappa shape index (κ2) is 7.59. The van der Waals surface area contributed by atoms with E-state index in [0.29, 0.717) is 0 Å². The summed E-state index contributed by atoms with van der Waals surface area (Å²) in [5.74, 6) is -1.58. The maximum atomic E-state index is 11.7. The number of rotatable bonds is 7. The van der Waals surface area contributed by atoms with Crippen LogP contribution in [0.4, 0.5) is 11.4 Å². The molecule has 0 bridgehead atoms. The molecular formula is C12H17N3O7S2. The van der Waals surface area contributed by atoms with Crippen LogP contribution in [0.1, 0.15) is 13.3 Å². The Hall–Kier alpha value is -2.18. The summed E-state index contributed by atoms with van der Waals surface area (Å²) in [4.78, 5) is 22.5. The molecule has 0 radical (unpaired) electrons. The van der Waals surface area contributed by atoms with Crippen molar-refractivity contribution in [2.45, 2.75) is 18.2 Å². The molecule has 0 saturated carbocycles. The zero-order valence-electron chi connectivity index (χ0n) is 12.9. The van der Waals surface area contributed by atoms with Gasteiger partial charge in [-0.2, -0.15) is 0 Å². The smallest absolute Gasteiger partial charge is 0.315 e. The number of hydrogen-bond acceptors (Lipinski definition) is 7. The molecule has 24 heavy (non-hydrogen) atoms. The third kappa shape index (κ3) is 6.52. The molecule has 4 N–H and O–H groups in total. The molecule has 0 atom stereocenters. The Morgan fingerprint density at radius 1 is 1.21 bits per heavy atom. The molecule has 0 aromatic heterocycles. The number of benzene rings is 1. The predicted octanol–water partition coefficient (Wildman–Crippen LogP) is -0.403. The Bertz CT molecular complexity index is 847. The van der Waals surface area contributed by atoms with Crippen LogP contribution in [-0.4, -0.2) is 41.6 Å². The number of nitrogens with one attached hydrogen (secondary N) is 2. The lowest BCUT2D eigenvalue weighted by atomic mass is 10.2. The molecular weight excluding hydrogens is 362 g/mol. The standard InChI is InChI=1S/C12H17N3O7S2/c1-3-22-12(17)7-11(16)14-9-5-4-8(15-23(2,18)19)6-10(9)24(13,20)21/h4-6,15H,3,7H2,1-2H3,(H,14,16)(H2,13,20,21). The molecule has 0 aliphatic carbocycles. The Labute approximate surface area is 139 Å². The highest BCUT2D eigenvalue weighted by Crippen LogP contribution is 2.25. The van der Waals surface area contributed by atoms with Crippen molar-refractivity contribution in [1.29, 1.82) is 0 Å². The lowest BCUT2D eigenvalue weighted by Crippen LogP contribution is -2.21. The van der Waals surface area contributed by atoms with Crippen molar-refractivity contribution in [1.82, 2.24) is 0 Å². The van der Waals surface area contributed by atoms with E-state index in [9.17, 15) is 26.4 Å². The zero-order valence-corrected chi connectivity index (χ0v) is 14.5. The Morgan fingerprint density at radius 3 is 2.33 bits per heavy atom. The van der Waals surface area contributed by atoms with Crippen molar-refractivity contribution >= 4 is 43.3 Å². The fraction of sp³-hybridized carbons (Fsp3) is 0.333. The molecule has 0 aliphatic rings. The Balaban J connectivity index is 3.10. The molecule has 0 saturated heterocycles. The predicted molar refractivity (Wildman–Crippen MR) is 86.2 cm³/mol. The fourth-order valence-corrected chi connectivity index (χ4v) is 2.95. The van der Waals surface area contributed by atoms with Gasteiger partial charge in [-0.25, -0.2) is 22.0 Å². The van der Waals surface area contributed by atoms with Crippen molar-refractivity contribution in [2.24, 2.45) is 5.14 Å². The largest absolute Gasteiger partial charge is 0.466 e. The van der Waals surface area contributed by atoms with Gasteiger partial charge < -0.3 is 10.1 Å². The van der Waals surface area contributed by atoms with Gasteiger partial charge in [0.15, 0.2) is 0 Å². The average molecular weight is 379 g/mol. The average Bonchev–Trinajstić information content (AvgIpc) is 2.37. The summed E-state index contributed by atoms with van der Waals surface area (Å²) in [6.45, 7) is 1.67. The highest BCUT2D eigenvalue weighted by atomic mass is 32.2. The highest BCUT2D eigenvalue weighted by Gasteiger charge is 2.19. The zero-order chi connectivity index (χ0) is 18.5. The minimum absolute atomic E-state index is 0.0510. The van der Waals surface area contributed by atoms with Gasteiger partial charge in [0.2, 0.25) is 26.0 Å². The fourth-order valence-electron chi connectivity index (χ4n) is 1.68. The molecule has 1 aromatic carbocycles. The molecule has 0 spiro atoms. The van der Waals surface area contributed by atoms with E-state index in [-0.39, 0.29) is 18.0 Å². The summed E-state index contributed by atoms with van der Waals surface area (Å²) in [7, 11) is -7.89. The van der Waals surface area contributed by atoms with Crippen LogP contribution in [0.25, 0.3) is 0 Å². The maximum absolute atomic E-state index is 11.7. The van der Waals surface area contributed by atoms with E-state index in [0.717, 1.165) is 18.4 Å². The minimum Gasteiger partial charge on any atom is -0.466 e. The Morgan fingerprint density at radius 2 is 1.83 bits per heavy atom. The number of primary sulfonamides is 1. The van der Waals surface area contributed by atoms with Crippen molar-refractivity contribution in [3.05, 3.63) is 18.2 Å². The molecule has 12 heteroatoms. The maximum Gasteiger partial charge on any atom is 0.315 e. The van der Waals surface area contributed by atoms with Gasteiger partial charge >= 0.3 is 5.97 Å². The number of hydrogen-bond donors (Lipinski definition) is 3. The lowest BCUT2D eigenvalue weighted by Gasteiger charge is -2.12. The summed E-state index contributed by atoms with van der Waals surface area (Å²) in [5, 5.41) is 7.29. The van der Waals surface area contributed by atoms with Gasteiger partial charge in [0.1, 0.15) is 11.3 Å². The molecule has 134 valence electrons. The van der Waals surface area contributed by atoms with E-state index >= 15 is 0 Å². The summed E-state index contributed by atoms with van der Waals surface area (Å²) >= 11 is 0. The molecule has 10 nitrogen and oxygen atoms in total. The number of carbonyl (C=O) groups is 2. The molecule has 1 aromatic rings. The molecule has 1 rings (SSSR count). The van der Waals surface area contributed by atoms with E-state index in [1.807, 2.05) is 0 Å². The molecule has 0 aliphatic heterocycles. The SMILES string of the molecule is CCOC(=O)CC(=O)Nc1ccc(NS(C)(=O)=O)cc1S(N)(=O)=O. The van der Waals surface area contributed by atoms with Crippen LogP contribution in [0.15, 0.2) is 23.1 Å². The second-order valence-corrected chi connectivity index (χ2v) is 7.94. The third-order valence-corrected chi connectivity index (χ3v) is 4.03. The molecule has 0 unspecified atom stereocenters. The second-order valence-electron chi connectivity index (χ2n) is 4.66. The summed E-state index contributed by atoms with van der Waals surface area (Å²) in [5.41, 5.74) is -0.240. The number of nitrogens with two attached hydrogens (primary N) is 1. The topological polar surface area (TPSA) is 162 Å². The van der Waals surface area contributed by atoms with E-state index in [1.54, 1.807) is 6.92 Å².